The monoisotopic (exact) mass is 340 g/mol. The van der Waals surface area contributed by atoms with Gasteiger partial charge in [-0.2, -0.15) is 0 Å². The van der Waals surface area contributed by atoms with Crippen molar-refractivity contribution in [2.75, 3.05) is 19.6 Å². The maximum Gasteiger partial charge on any atom is 0.253 e. The smallest absolute Gasteiger partial charge is 0.253 e. The van der Waals surface area contributed by atoms with Gasteiger partial charge in [0.2, 0.25) is 10.0 Å². The van der Waals surface area contributed by atoms with E-state index in [0.29, 0.717) is 19.0 Å². The predicted octanol–water partition coefficient (Wildman–Crippen LogP) is 2.16. The maximum absolute atomic E-state index is 13.9. The molecule has 0 unspecified atom stereocenters. The summed E-state index contributed by atoms with van der Waals surface area (Å²) >= 11 is 0. The molecule has 1 saturated heterocycles. The molecular weight excluding hydrogens is 319 g/mol. The van der Waals surface area contributed by atoms with Crippen molar-refractivity contribution in [1.82, 2.24) is 9.62 Å². The Morgan fingerprint density at radius 1 is 1.43 bits per heavy atom. The molecule has 1 N–H and O–H groups in total. The maximum atomic E-state index is 13.9. The minimum absolute atomic E-state index is 0.00996. The lowest BCUT2D eigenvalue weighted by atomic mass is 9.98. The molecule has 1 aromatic rings. The van der Waals surface area contributed by atoms with Crippen molar-refractivity contribution in [3.05, 3.63) is 42.2 Å². The van der Waals surface area contributed by atoms with Crippen LogP contribution < -0.4 is 4.72 Å². The fourth-order valence-electron chi connectivity index (χ4n) is 2.48. The van der Waals surface area contributed by atoms with Crippen molar-refractivity contribution < 1.29 is 17.6 Å². The number of carbonyl (C=O) groups excluding carboxylic acids is 1. The Balaban J connectivity index is 2.26. The molecule has 0 aromatic heterocycles. The average Bonchev–Trinajstić information content (AvgIpc) is 2.53. The zero-order valence-corrected chi connectivity index (χ0v) is 13.9. The quantitative estimate of drug-likeness (QED) is 0.836. The lowest BCUT2D eigenvalue weighted by Crippen LogP contribution is -2.38. The van der Waals surface area contributed by atoms with Crippen molar-refractivity contribution in [3.63, 3.8) is 0 Å². The first-order valence-electron chi connectivity index (χ1n) is 7.54. The molecule has 0 aliphatic carbocycles. The molecule has 1 aliphatic heterocycles. The van der Waals surface area contributed by atoms with Crippen molar-refractivity contribution in [1.29, 1.82) is 0 Å². The molecule has 1 aliphatic rings. The van der Waals surface area contributed by atoms with Crippen LogP contribution in [0, 0.1) is 11.7 Å². The van der Waals surface area contributed by atoms with Gasteiger partial charge in [0.15, 0.2) is 0 Å². The van der Waals surface area contributed by atoms with Crippen LogP contribution in [0.15, 0.2) is 35.7 Å². The Bertz CT molecular complexity index is 695. The van der Waals surface area contributed by atoms with Crippen LogP contribution in [0.2, 0.25) is 0 Å². The van der Waals surface area contributed by atoms with Crippen LogP contribution in [0.4, 0.5) is 4.39 Å². The first kappa shape index (κ1) is 17.6. The lowest BCUT2D eigenvalue weighted by Gasteiger charge is -2.30. The standard InChI is InChI=1S/C16H21FN2O3S/c1-3-8-18-23(21,22)15-11-13(4-5-14(15)17)16(20)19-9-6-12(2)7-10-19/h3-5,11-12,18H,1,6-10H2,2H3. The summed E-state index contributed by atoms with van der Waals surface area (Å²) in [6.45, 7) is 6.80. The van der Waals surface area contributed by atoms with Gasteiger partial charge in [0.05, 0.1) is 0 Å². The summed E-state index contributed by atoms with van der Waals surface area (Å²) < 4.78 is 40.3. The molecule has 23 heavy (non-hydrogen) atoms. The summed E-state index contributed by atoms with van der Waals surface area (Å²) in [5.74, 6) is -0.575. The van der Waals surface area contributed by atoms with E-state index in [9.17, 15) is 17.6 Å². The van der Waals surface area contributed by atoms with E-state index in [4.69, 9.17) is 0 Å². The zero-order valence-electron chi connectivity index (χ0n) is 13.1. The van der Waals surface area contributed by atoms with E-state index in [1.165, 1.54) is 12.1 Å². The summed E-state index contributed by atoms with van der Waals surface area (Å²) in [5, 5.41) is 0. The molecule has 0 radical (unpaired) electrons. The summed E-state index contributed by atoms with van der Waals surface area (Å²) in [6, 6.07) is 3.44. The highest BCUT2D eigenvalue weighted by Crippen LogP contribution is 2.21. The third kappa shape index (κ3) is 4.17. The van der Waals surface area contributed by atoms with Crippen molar-refractivity contribution in [2.45, 2.75) is 24.7 Å². The molecule has 1 heterocycles. The van der Waals surface area contributed by atoms with Crippen LogP contribution >= 0.6 is 0 Å². The molecule has 126 valence electrons. The van der Waals surface area contributed by atoms with E-state index < -0.39 is 20.7 Å². The highest BCUT2D eigenvalue weighted by atomic mass is 32.2. The number of rotatable bonds is 5. The molecular formula is C16H21FN2O3S. The highest BCUT2D eigenvalue weighted by molar-refractivity contribution is 7.89. The predicted molar refractivity (Wildman–Crippen MR) is 86.1 cm³/mol. The fourth-order valence-corrected chi connectivity index (χ4v) is 3.58. The summed E-state index contributed by atoms with van der Waals surface area (Å²) in [7, 11) is -4.02. The Morgan fingerprint density at radius 2 is 2.09 bits per heavy atom. The number of hydrogen-bond acceptors (Lipinski definition) is 3. The second kappa shape index (κ2) is 7.23. The first-order chi connectivity index (χ1) is 10.8. The van der Waals surface area contributed by atoms with Crippen molar-refractivity contribution in [3.8, 4) is 0 Å². The van der Waals surface area contributed by atoms with Crippen LogP contribution in [0.5, 0.6) is 0 Å². The molecule has 0 bridgehead atoms. The number of nitrogens with one attached hydrogen (secondary N) is 1. The van der Waals surface area contributed by atoms with Crippen LogP contribution in [-0.4, -0.2) is 38.9 Å². The number of carbonyl (C=O) groups is 1. The van der Waals surface area contributed by atoms with Crippen molar-refractivity contribution in [2.24, 2.45) is 5.92 Å². The first-order valence-corrected chi connectivity index (χ1v) is 9.03. The Kier molecular flexibility index (Phi) is 5.54. The van der Waals surface area contributed by atoms with Gasteiger partial charge in [0.1, 0.15) is 10.7 Å². The molecule has 5 nitrogen and oxygen atoms in total. The van der Waals surface area contributed by atoms with E-state index >= 15 is 0 Å². The number of halogens is 1. The molecule has 1 amide bonds. The SMILES string of the molecule is C=CCNS(=O)(=O)c1cc(C(=O)N2CCC(C)CC2)ccc1F. The Morgan fingerprint density at radius 3 is 2.70 bits per heavy atom. The van der Waals surface area contributed by atoms with E-state index in [-0.39, 0.29) is 18.0 Å². The number of sulfonamides is 1. The minimum atomic E-state index is -4.02. The van der Waals surface area contributed by atoms with Gasteiger partial charge in [-0.3, -0.25) is 4.79 Å². The van der Waals surface area contributed by atoms with E-state index in [2.05, 4.69) is 18.2 Å². The van der Waals surface area contributed by atoms with E-state index in [0.717, 1.165) is 25.0 Å². The third-order valence-electron chi connectivity index (χ3n) is 3.96. The lowest BCUT2D eigenvalue weighted by molar-refractivity contribution is 0.0697. The summed E-state index contributed by atoms with van der Waals surface area (Å²) in [5.41, 5.74) is 0.180. The van der Waals surface area contributed by atoms with Gasteiger partial charge in [-0.15, -0.1) is 6.58 Å². The van der Waals surface area contributed by atoms with Crippen LogP contribution in [0.3, 0.4) is 0 Å². The topological polar surface area (TPSA) is 66.5 Å². The van der Waals surface area contributed by atoms with Gasteiger partial charge in [0.25, 0.3) is 5.91 Å². The average molecular weight is 340 g/mol. The number of amides is 1. The molecule has 1 fully saturated rings. The number of piperidine rings is 1. The Hall–Kier alpha value is -1.73. The molecule has 0 saturated carbocycles. The highest BCUT2D eigenvalue weighted by Gasteiger charge is 2.24. The molecule has 1 aromatic carbocycles. The van der Waals surface area contributed by atoms with E-state index in [1.54, 1.807) is 4.90 Å². The van der Waals surface area contributed by atoms with E-state index in [1.807, 2.05) is 0 Å². The number of benzene rings is 1. The number of hydrogen-bond donors (Lipinski definition) is 1. The second-order valence-corrected chi connectivity index (χ2v) is 7.50. The zero-order chi connectivity index (χ0) is 17.0. The van der Waals surface area contributed by atoms with Gasteiger partial charge in [-0.1, -0.05) is 13.0 Å². The summed E-state index contributed by atoms with van der Waals surface area (Å²) in [6.07, 6.45) is 3.19. The fraction of sp³-hybridized carbons (Fsp3) is 0.438. The summed E-state index contributed by atoms with van der Waals surface area (Å²) in [4.78, 5) is 13.6. The van der Waals surface area contributed by atoms with Gasteiger partial charge in [-0.25, -0.2) is 17.5 Å². The molecule has 7 heteroatoms. The molecule has 2 rings (SSSR count). The third-order valence-corrected chi connectivity index (χ3v) is 5.39. The molecule has 0 atom stereocenters. The second-order valence-electron chi connectivity index (χ2n) is 5.76. The van der Waals surface area contributed by atoms with Crippen LogP contribution in [0.1, 0.15) is 30.1 Å². The normalized spacial score (nSPS) is 16.3. The molecule has 0 spiro atoms. The van der Waals surface area contributed by atoms with Crippen LogP contribution in [-0.2, 0) is 10.0 Å². The van der Waals surface area contributed by atoms with Gasteiger partial charge in [-0.05, 0) is 37.0 Å². The van der Waals surface area contributed by atoms with Crippen molar-refractivity contribution >= 4 is 15.9 Å². The van der Waals surface area contributed by atoms with Crippen LogP contribution in [0.25, 0.3) is 0 Å². The number of likely N-dealkylation sites (tertiary alicyclic amines) is 1. The van der Waals surface area contributed by atoms with Gasteiger partial charge >= 0.3 is 0 Å². The number of nitrogens with zero attached hydrogens (tertiary/aromatic N) is 1. The minimum Gasteiger partial charge on any atom is -0.339 e. The van der Waals surface area contributed by atoms with Gasteiger partial charge in [0, 0.05) is 25.2 Å². The van der Waals surface area contributed by atoms with Gasteiger partial charge < -0.3 is 4.90 Å². The largest absolute Gasteiger partial charge is 0.339 e. The Labute approximate surface area is 136 Å².